The van der Waals surface area contributed by atoms with Gasteiger partial charge in [0.15, 0.2) is 0 Å². The van der Waals surface area contributed by atoms with Crippen molar-refractivity contribution >= 4 is 11.0 Å². The lowest BCUT2D eigenvalue weighted by atomic mass is 10.1. The predicted molar refractivity (Wildman–Crippen MR) is 89.9 cm³/mol. The van der Waals surface area contributed by atoms with E-state index in [0.717, 1.165) is 0 Å². The minimum Gasteiger partial charge on any atom is -0.494 e. The van der Waals surface area contributed by atoms with Crippen LogP contribution in [0.4, 0.5) is 13.2 Å². The van der Waals surface area contributed by atoms with Gasteiger partial charge in [0.25, 0.3) is 5.76 Å². The molecular formula is C19H15F3O4. The molecule has 0 bridgehead atoms. The van der Waals surface area contributed by atoms with Crippen LogP contribution in [0.15, 0.2) is 51.7 Å². The summed E-state index contributed by atoms with van der Waals surface area (Å²) in [6, 6.07) is 10.6. The van der Waals surface area contributed by atoms with E-state index in [4.69, 9.17) is 13.9 Å². The molecule has 136 valence electrons. The molecule has 1 aromatic heterocycles. The van der Waals surface area contributed by atoms with Crippen LogP contribution in [0.5, 0.6) is 17.2 Å². The first-order valence-corrected chi connectivity index (χ1v) is 7.85. The van der Waals surface area contributed by atoms with Gasteiger partial charge in [0.2, 0.25) is 11.2 Å². The number of hydrogen-bond donors (Lipinski definition) is 0. The summed E-state index contributed by atoms with van der Waals surface area (Å²) in [4.78, 5) is 12.8. The summed E-state index contributed by atoms with van der Waals surface area (Å²) in [6.45, 7) is 3.67. The fourth-order valence-electron chi connectivity index (χ4n) is 2.60. The van der Waals surface area contributed by atoms with Crippen LogP contribution in [0.2, 0.25) is 0 Å². The van der Waals surface area contributed by atoms with Crippen molar-refractivity contribution < 1.29 is 27.1 Å². The highest BCUT2D eigenvalue weighted by Gasteiger charge is 2.40. The highest BCUT2D eigenvalue weighted by molar-refractivity contribution is 5.83. The van der Waals surface area contributed by atoms with E-state index in [-0.39, 0.29) is 16.7 Å². The van der Waals surface area contributed by atoms with E-state index in [2.05, 4.69) is 0 Å². The summed E-state index contributed by atoms with van der Waals surface area (Å²) in [5, 5.41) is 0.0207. The van der Waals surface area contributed by atoms with Gasteiger partial charge in [-0.1, -0.05) is 18.2 Å². The van der Waals surface area contributed by atoms with Crippen molar-refractivity contribution in [3.8, 4) is 17.2 Å². The van der Waals surface area contributed by atoms with Crippen LogP contribution < -0.4 is 14.9 Å². The van der Waals surface area contributed by atoms with Gasteiger partial charge in [-0.25, -0.2) is 0 Å². The van der Waals surface area contributed by atoms with Gasteiger partial charge < -0.3 is 13.9 Å². The number of ether oxygens (including phenoxy) is 2. The average Bonchev–Trinajstić information content (AvgIpc) is 2.57. The van der Waals surface area contributed by atoms with Crippen LogP contribution in [0.3, 0.4) is 0 Å². The second-order valence-corrected chi connectivity index (χ2v) is 5.55. The van der Waals surface area contributed by atoms with Gasteiger partial charge >= 0.3 is 6.18 Å². The first-order chi connectivity index (χ1) is 12.3. The van der Waals surface area contributed by atoms with E-state index in [1.165, 1.54) is 18.2 Å². The maximum absolute atomic E-state index is 13.5. The average molecular weight is 364 g/mol. The van der Waals surface area contributed by atoms with Gasteiger partial charge in [0, 0.05) is 6.07 Å². The Bertz CT molecular complexity index is 992. The van der Waals surface area contributed by atoms with Crippen molar-refractivity contribution in [3.63, 3.8) is 0 Å². The number of benzene rings is 2. The molecule has 0 fully saturated rings. The molecule has 0 aliphatic carbocycles. The van der Waals surface area contributed by atoms with Crippen LogP contribution in [0, 0.1) is 6.92 Å². The van der Waals surface area contributed by atoms with Crippen molar-refractivity contribution in [1.29, 1.82) is 0 Å². The molecule has 0 aliphatic heterocycles. The van der Waals surface area contributed by atoms with Gasteiger partial charge in [-0.3, -0.25) is 4.79 Å². The molecule has 1 heterocycles. The molecule has 0 spiro atoms. The van der Waals surface area contributed by atoms with E-state index < -0.39 is 23.1 Å². The molecule has 4 nitrogen and oxygen atoms in total. The smallest absolute Gasteiger partial charge is 0.453 e. The number of alkyl halides is 3. The SMILES string of the molecule is CCOc1cc(C)c2c(=O)c(Oc3ccccc3)c(C(F)(F)F)oc2c1. The molecule has 0 unspecified atom stereocenters. The fraction of sp³-hybridized carbons (Fsp3) is 0.211. The number of hydrogen-bond acceptors (Lipinski definition) is 4. The van der Waals surface area contributed by atoms with Gasteiger partial charge in [0.05, 0.1) is 12.0 Å². The first-order valence-electron chi connectivity index (χ1n) is 7.85. The molecule has 0 amide bonds. The second-order valence-electron chi connectivity index (χ2n) is 5.55. The third-order valence-electron chi connectivity index (χ3n) is 3.66. The summed E-state index contributed by atoms with van der Waals surface area (Å²) in [5.41, 5.74) is -0.652. The minimum atomic E-state index is -4.90. The van der Waals surface area contributed by atoms with Crippen LogP contribution in [0.25, 0.3) is 11.0 Å². The van der Waals surface area contributed by atoms with Crippen LogP contribution in [-0.2, 0) is 6.18 Å². The zero-order valence-corrected chi connectivity index (χ0v) is 14.0. The largest absolute Gasteiger partial charge is 0.494 e. The van der Waals surface area contributed by atoms with Gasteiger partial charge in [-0.05, 0) is 37.6 Å². The second kappa shape index (κ2) is 6.74. The first kappa shape index (κ1) is 17.8. The molecule has 0 saturated heterocycles. The molecule has 2 aromatic carbocycles. The van der Waals surface area contributed by atoms with Gasteiger partial charge in [-0.2, -0.15) is 13.2 Å². The highest BCUT2D eigenvalue weighted by Crippen LogP contribution is 2.39. The van der Waals surface area contributed by atoms with E-state index in [1.54, 1.807) is 38.1 Å². The lowest BCUT2D eigenvalue weighted by Gasteiger charge is -2.14. The Morgan fingerprint density at radius 1 is 1.08 bits per heavy atom. The molecule has 3 aromatic rings. The minimum absolute atomic E-state index is 0.0207. The van der Waals surface area contributed by atoms with Crippen LogP contribution >= 0.6 is 0 Å². The standard InChI is InChI=1S/C19H15F3O4/c1-3-24-13-9-11(2)15-14(10-13)26-18(19(20,21)22)17(16(15)23)25-12-7-5-4-6-8-12/h4-10H,3H2,1-2H3. The number of halogens is 3. The molecule has 0 aliphatic rings. The number of aryl methyl sites for hydroxylation is 1. The normalized spacial score (nSPS) is 11.6. The Balaban J connectivity index is 2.28. The Morgan fingerprint density at radius 3 is 2.38 bits per heavy atom. The lowest BCUT2D eigenvalue weighted by molar-refractivity contribution is -0.154. The number of fused-ring (bicyclic) bond motifs is 1. The molecule has 0 saturated carbocycles. The molecule has 0 N–H and O–H groups in total. The van der Waals surface area contributed by atoms with Gasteiger partial charge in [0.1, 0.15) is 17.1 Å². The fourth-order valence-corrected chi connectivity index (χ4v) is 2.60. The Labute approximate surface area is 146 Å². The molecule has 26 heavy (non-hydrogen) atoms. The maximum atomic E-state index is 13.5. The third kappa shape index (κ3) is 3.37. The van der Waals surface area contributed by atoms with E-state index in [9.17, 15) is 18.0 Å². The Kier molecular flexibility index (Phi) is 4.63. The quantitative estimate of drug-likeness (QED) is 0.629. The third-order valence-corrected chi connectivity index (χ3v) is 3.66. The Morgan fingerprint density at radius 2 is 1.77 bits per heavy atom. The summed E-state index contributed by atoms with van der Waals surface area (Å²) >= 11 is 0. The van der Waals surface area contributed by atoms with E-state index in [1.807, 2.05) is 0 Å². The monoisotopic (exact) mass is 364 g/mol. The molecular weight excluding hydrogens is 349 g/mol. The molecule has 3 rings (SSSR count). The van der Waals surface area contributed by atoms with Crippen molar-refractivity contribution in [2.45, 2.75) is 20.0 Å². The Hall–Kier alpha value is -2.96. The highest BCUT2D eigenvalue weighted by atomic mass is 19.4. The van der Waals surface area contributed by atoms with Crippen molar-refractivity contribution in [2.24, 2.45) is 0 Å². The number of rotatable bonds is 4. The number of para-hydroxylation sites is 1. The van der Waals surface area contributed by atoms with Crippen molar-refractivity contribution in [1.82, 2.24) is 0 Å². The van der Waals surface area contributed by atoms with E-state index >= 15 is 0 Å². The molecule has 7 heteroatoms. The van der Waals surface area contributed by atoms with Gasteiger partial charge in [-0.15, -0.1) is 0 Å². The van der Waals surface area contributed by atoms with Crippen LogP contribution in [0.1, 0.15) is 18.2 Å². The lowest BCUT2D eigenvalue weighted by Crippen LogP contribution is -2.16. The zero-order chi connectivity index (χ0) is 18.9. The maximum Gasteiger partial charge on any atom is 0.453 e. The summed E-state index contributed by atoms with van der Waals surface area (Å²) in [5.74, 6) is -1.94. The predicted octanol–water partition coefficient (Wildman–Crippen LogP) is 5.31. The molecule has 0 radical (unpaired) electrons. The summed E-state index contributed by atoms with van der Waals surface area (Å²) in [6.07, 6.45) is -4.90. The zero-order valence-electron chi connectivity index (χ0n) is 14.0. The summed E-state index contributed by atoms with van der Waals surface area (Å²) < 4.78 is 56.0. The van der Waals surface area contributed by atoms with E-state index in [0.29, 0.717) is 17.9 Å². The van der Waals surface area contributed by atoms with Crippen LogP contribution in [-0.4, -0.2) is 6.61 Å². The van der Waals surface area contributed by atoms with Crippen molar-refractivity contribution in [2.75, 3.05) is 6.61 Å². The van der Waals surface area contributed by atoms with Crippen molar-refractivity contribution in [3.05, 3.63) is 64.0 Å². The topological polar surface area (TPSA) is 48.7 Å². The summed E-state index contributed by atoms with van der Waals surface area (Å²) in [7, 11) is 0. The molecule has 0 atom stereocenters.